The Bertz CT molecular complexity index is 439. The Labute approximate surface area is 126 Å². The largest absolute Gasteiger partial charge is 0.486 e. The molecule has 1 aliphatic heterocycles. The van der Waals surface area contributed by atoms with Crippen LogP contribution in [0.1, 0.15) is 55.9 Å². The van der Waals surface area contributed by atoms with Crippen molar-refractivity contribution >= 4 is 11.6 Å². The maximum absolute atomic E-state index is 6.64. The van der Waals surface area contributed by atoms with Crippen LogP contribution in [-0.2, 0) is 0 Å². The molecule has 110 valence electrons. The van der Waals surface area contributed by atoms with Crippen molar-refractivity contribution in [1.82, 2.24) is 0 Å². The molecule has 1 saturated carbocycles. The van der Waals surface area contributed by atoms with Crippen LogP contribution in [-0.4, -0.2) is 13.2 Å². The van der Waals surface area contributed by atoms with E-state index in [1.807, 2.05) is 6.07 Å². The van der Waals surface area contributed by atoms with Crippen LogP contribution in [0.3, 0.4) is 0 Å². The number of ether oxygens (including phenoxy) is 2. The van der Waals surface area contributed by atoms with Gasteiger partial charge in [-0.3, -0.25) is 0 Å². The lowest BCUT2D eigenvalue weighted by atomic mass is 9.92. The molecule has 1 aliphatic carbocycles. The van der Waals surface area contributed by atoms with Crippen molar-refractivity contribution in [2.75, 3.05) is 13.2 Å². The molecule has 1 atom stereocenters. The second kappa shape index (κ2) is 6.71. The molecular formula is C17H23ClO2. The van der Waals surface area contributed by atoms with Gasteiger partial charge in [-0.05, 0) is 30.0 Å². The summed E-state index contributed by atoms with van der Waals surface area (Å²) in [6.45, 7) is 1.27. The van der Waals surface area contributed by atoms with E-state index in [2.05, 4.69) is 12.1 Å². The van der Waals surface area contributed by atoms with Crippen LogP contribution in [0.4, 0.5) is 0 Å². The van der Waals surface area contributed by atoms with Gasteiger partial charge in [-0.1, -0.05) is 44.6 Å². The fourth-order valence-corrected chi connectivity index (χ4v) is 3.67. The topological polar surface area (TPSA) is 18.5 Å². The van der Waals surface area contributed by atoms with E-state index >= 15 is 0 Å². The van der Waals surface area contributed by atoms with Crippen LogP contribution >= 0.6 is 11.6 Å². The van der Waals surface area contributed by atoms with Crippen molar-refractivity contribution in [3.63, 3.8) is 0 Å². The number of hydrogen-bond acceptors (Lipinski definition) is 2. The van der Waals surface area contributed by atoms with Crippen molar-refractivity contribution in [2.45, 2.75) is 50.3 Å². The second-order valence-electron chi connectivity index (χ2n) is 5.96. The Kier molecular flexibility index (Phi) is 4.72. The van der Waals surface area contributed by atoms with E-state index in [9.17, 15) is 0 Å². The van der Waals surface area contributed by atoms with Gasteiger partial charge in [0.05, 0.1) is 5.38 Å². The number of benzene rings is 1. The van der Waals surface area contributed by atoms with Crippen molar-refractivity contribution in [1.29, 1.82) is 0 Å². The molecule has 0 radical (unpaired) electrons. The lowest BCUT2D eigenvalue weighted by Gasteiger charge is -2.22. The molecule has 0 aromatic heterocycles. The summed E-state index contributed by atoms with van der Waals surface area (Å²) in [7, 11) is 0. The predicted molar refractivity (Wildman–Crippen MR) is 81.8 cm³/mol. The van der Waals surface area contributed by atoms with Gasteiger partial charge >= 0.3 is 0 Å². The minimum atomic E-state index is 0.0916. The molecule has 3 heteroatoms. The van der Waals surface area contributed by atoms with Gasteiger partial charge in [-0.2, -0.15) is 0 Å². The molecule has 20 heavy (non-hydrogen) atoms. The maximum Gasteiger partial charge on any atom is 0.161 e. The third-order valence-corrected chi connectivity index (χ3v) is 4.87. The molecule has 2 nitrogen and oxygen atoms in total. The lowest BCUT2D eigenvalue weighted by Crippen LogP contribution is -2.15. The second-order valence-corrected chi connectivity index (χ2v) is 6.49. The zero-order valence-corrected chi connectivity index (χ0v) is 12.7. The lowest BCUT2D eigenvalue weighted by molar-refractivity contribution is 0.171. The van der Waals surface area contributed by atoms with Crippen LogP contribution in [0.15, 0.2) is 18.2 Å². The molecule has 0 saturated heterocycles. The molecule has 1 aromatic rings. The molecular weight excluding hydrogens is 272 g/mol. The Morgan fingerprint density at radius 1 is 1.00 bits per heavy atom. The first-order valence-corrected chi connectivity index (χ1v) is 8.30. The number of fused-ring (bicyclic) bond motifs is 1. The summed E-state index contributed by atoms with van der Waals surface area (Å²) in [5, 5.41) is 0.0916. The molecule has 1 unspecified atom stereocenters. The first-order chi connectivity index (χ1) is 9.83. The van der Waals surface area contributed by atoms with Crippen LogP contribution in [0.2, 0.25) is 0 Å². The molecule has 0 bridgehead atoms. The number of alkyl halides is 1. The highest BCUT2D eigenvalue weighted by atomic mass is 35.5. The van der Waals surface area contributed by atoms with Crippen molar-refractivity contribution in [3.8, 4) is 11.5 Å². The number of rotatable bonds is 3. The quantitative estimate of drug-likeness (QED) is 0.570. The smallest absolute Gasteiger partial charge is 0.161 e. The average Bonchev–Trinajstić information content (AvgIpc) is 2.75. The minimum Gasteiger partial charge on any atom is -0.486 e. The first kappa shape index (κ1) is 14.1. The zero-order chi connectivity index (χ0) is 13.8. The molecule has 1 aromatic carbocycles. The van der Waals surface area contributed by atoms with Gasteiger partial charge in [-0.15, -0.1) is 11.6 Å². The summed E-state index contributed by atoms with van der Waals surface area (Å²) in [6, 6.07) is 6.14. The highest BCUT2D eigenvalue weighted by Crippen LogP contribution is 2.38. The van der Waals surface area contributed by atoms with E-state index in [-0.39, 0.29) is 5.38 Å². The molecule has 1 heterocycles. The van der Waals surface area contributed by atoms with E-state index in [1.54, 1.807) is 0 Å². The SMILES string of the molecule is ClC(CC1CCCCCC1)c1ccc2c(c1)OCCO2. The minimum absolute atomic E-state index is 0.0916. The molecule has 3 rings (SSSR count). The van der Waals surface area contributed by atoms with Gasteiger partial charge < -0.3 is 9.47 Å². The molecule has 0 N–H and O–H groups in total. The van der Waals surface area contributed by atoms with Gasteiger partial charge in [0.2, 0.25) is 0 Å². The monoisotopic (exact) mass is 294 g/mol. The van der Waals surface area contributed by atoms with Crippen LogP contribution in [0.25, 0.3) is 0 Å². The van der Waals surface area contributed by atoms with Gasteiger partial charge in [0.25, 0.3) is 0 Å². The summed E-state index contributed by atoms with van der Waals surface area (Å²) >= 11 is 6.64. The summed E-state index contributed by atoms with van der Waals surface area (Å²) < 4.78 is 11.2. The zero-order valence-electron chi connectivity index (χ0n) is 11.9. The Hall–Kier alpha value is -0.890. The first-order valence-electron chi connectivity index (χ1n) is 7.86. The van der Waals surface area contributed by atoms with Gasteiger partial charge in [0, 0.05) is 0 Å². The molecule has 0 amide bonds. The highest BCUT2D eigenvalue weighted by molar-refractivity contribution is 6.20. The van der Waals surface area contributed by atoms with Crippen LogP contribution in [0.5, 0.6) is 11.5 Å². The van der Waals surface area contributed by atoms with Gasteiger partial charge in [-0.25, -0.2) is 0 Å². The standard InChI is InChI=1S/C17H23ClO2/c18-15(11-13-5-3-1-2-4-6-13)14-7-8-16-17(12-14)20-10-9-19-16/h7-8,12-13,15H,1-6,9-11H2. The summed E-state index contributed by atoms with van der Waals surface area (Å²) in [5.41, 5.74) is 1.17. The normalized spacial score (nSPS) is 21.2. The third-order valence-electron chi connectivity index (χ3n) is 4.44. The van der Waals surface area contributed by atoms with Crippen molar-refractivity contribution in [2.24, 2.45) is 5.92 Å². The molecule has 1 fully saturated rings. The molecule has 0 spiro atoms. The Morgan fingerprint density at radius 2 is 1.70 bits per heavy atom. The third kappa shape index (κ3) is 3.41. The summed E-state index contributed by atoms with van der Waals surface area (Å²) in [5.74, 6) is 2.48. The van der Waals surface area contributed by atoms with Crippen LogP contribution < -0.4 is 9.47 Å². The average molecular weight is 295 g/mol. The Morgan fingerprint density at radius 3 is 2.45 bits per heavy atom. The van der Waals surface area contributed by atoms with Gasteiger partial charge in [0.1, 0.15) is 13.2 Å². The van der Waals surface area contributed by atoms with E-state index in [1.165, 1.54) is 44.1 Å². The summed E-state index contributed by atoms with van der Waals surface area (Å²) in [6.07, 6.45) is 9.30. The Balaban J connectivity index is 1.65. The highest BCUT2D eigenvalue weighted by Gasteiger charge is 2.20. The van der Waals surface area contributed by atoms with Gasteiger partial charge in [0.15, 0.2) is 11.5 Å². The predicted octanol–water partition coefficient (Wildman–Crippen LogP) is 5.10. The van der Waals surface area contributed by atoms with E-state index in [0.29, 0.717) is 13.2 Å². The van der Waals surface area contributed by atoms with Crippen molar-refractivity contribution < 1.29 is 9.47 Å². The fraction of sp³-hybridized carbons (Fsp3) is 0.647. The van der Waals surface area contributed by atoms with E-state index in [4.69, 9.17) is 21.1 Å². The van der Waals surface area contributed by atoms with Crippen LogP contribution in [0, 0.1) is 5.92 Å². The van der Waals surface area contributed by atoms with Crippen molar-refractivity contribution in [3.05, 3.63) is 23.8 Å². The maximum atomic E-state index is 6.64. The van der Waals surface area contributed by atoms with E-state index < -0.39 is 0 Å². The number of hydrogen-bond donors (Lipinski definition) is 0. The fourth-order valence-electron chi connectivity index (χ4n) is 3.28. The summed E-state index contributed by atoms with van der Waals surface area (Å²) in [4.78, 5) is 0. The number of halogens is 1. The molecule has 2 aliphatic rings. The van der Waals surface area contributed by atoms with E-state index in [0.717, 1.165) is 23.8 Å².